The molecule has 3 rings (SSSR count). The molecule has 1 aliphatic rings. The number of carbonyl (C=O) groups is 1. The lowest BCUT2D eigenvalue weighted by Crippen LogP contribution is -2.46. The summed E-state index contributed by atoms with van der Waals surface area (Å²) in [5.74, 6) is -0.154. The van der Waals surface area contributed by atoms with Crippen LogP contribution in [0.1, 0.15) is 27.7 Å². The lowest BCUT2D eigenvalue weighted by molar-refractivity contribution is 0.0663. The van der Waals surface area contributed by atoms with E-state index >= 15 is 0 Å². The molecule has 0 saturated carbocycles. The van der Waals surface area contributed by atoms with Crippen LogP contribution in [-0.2, 0) is 16.9 Å². The maximum atomic E-state index is 12.7. The number of hydrogen-bond acceptors (Lipinski definition) is 5. The van der Waals surface area contributed by atoms with Gasteiger partial charge in [0.25, 0.3) is 5.91 Å². The molecule has 1 atom stereocenters. The van der Waals surface area contributed by atoms with Gasteiger partial charge in [-0.25, -0.2) is 8.42 Å². The van der Waals surface area contributed by atoms with Crippen molar-refractivity contribution < 1.29 is 17.6 Å². The third-order valence-electron chi connectivity index (χ3n) is 3.86. The van der Waals surface area contributed by atoms with Gasteiger partial charge in [-0.15, -0.1) is 0 Å². The number of furan rings is 1. The Bertz CT molecular complexity index is 806. The number of nitrogens with zero attached hydrogens (tertiary/aromatic N) is 3. The van der Waals surface area contributed by atoms with Crippen molar-refractivity contribution in [3.63, 3.8) is 0 Å². The zero-order valence-electron chi connectivity index (χ0n) is 12.4. The number of amides is 1. The van der Waals surface area contributed by atoms with Gasteiger partial charge in [0, 0.05) is 30.9 Å². The van der Waals surface area contributed by atoms with Crippen LogP contribution in [0, 0.1) is 6.92 Å². The highest BCUT2D eigenvalue weighted by molar-refractivity contribution is 7.91. The van der Waals surface area contributed by atoms with Crippen LogP contribution in [0.4, 0.5) is 0 Å². The predicted octanol–water partition coefficient (Wildman–Crippen LogP) is 0.933. The van der Waals surface area contributed by atoms with E-state index in [1.54, 1.807) is 42.0 Å². The van der Waals surface area contributed by atoms with Crippen molar-refractivity contribution in [2.45, 2.75) is 13.0 Å². The van der Waals surface area contributed by atoms with Crippen molar-refractivity contribution in [2.24, 2.45) is 7.05 Å². The number of carbonyl (C=O) groups excluding carboxylic acids is 1. The van der Waals surface area contributed by atoms with Crippen molar-refractivity contribution in [1.29, 1.82) is 0 Å². The average molecular weight is 323 g/mol. The summed E-state index contributed by atoms with van der Waals surface area (Å²) in [4.78, 5) is 14.3. The van der Waals surface area contributed by atoms with E-state index in [4.69, 9.17) is 4.42 Å². The number of hydrogen-bond donors (Lipinski definition) is 0. The first-order valence-corrected chi connectivity index (χ1v) is 8.73. The molecular weight excluding hydrogens is 306 g/mol. The molecule has 7 nitrogen and oxygen atoms in total. The zero-order chi connectivity index (χ0) is 15.9. The molecule has 1 saturated heterocycles. The molecule has 2 aromatic rings. The third kappa shape index (κ3) is 2.66. The van der Waals surface area contributed by atoms with Gasteiger partial charge in [0.2, 0.25) is 0 Å². The standard InChI is InChI=1S/C14H17N3O4S/c1-10-3-5-21-13(10)14(18)17-4-6-22(19,20)9-12(17)11-7-15-16(2)8-11/h3,5,7-8,12H,4,6,9H2,1-2H3/t12-/m0/s1. The molecule has 8 heteroatoms. The monoisotopic (exact) mass is 323 g/mol. The van der Waals surface area contributed by atoms with E-state index in [1.165, 1.54) is 6.26 Å². The Hall–Kier alpha value is -2.09. The minimum atomic E-state index is -3.18. The van der Waals surface area contributed by atoms with Crippen molar-refractivity contribution in [3.05, 3.63) is 41.6 Å². The predicted molar refractivity (Wildman–Crippen MR) is 79.1 cm³/mol. The second-order valence-corrected chi connectivity index (χ2v) is 7.74. The molecule has 0 spiro atoms. The van der Waals surface area contributed by atoms with Crippen LogP contribution in [0.3, 0.4) is 0 Å². The summed E-state index contributed by atoms with van der Waals surface area (Å²) in [6.45, 7) is 1.94. The molecule has 3 heterocycles. The molecule has 0 N–H and O–H groups in total. The van der Waals surface area contributed by atoms with Crippen molar-refractivity contribution in [2.75, 3.05) is 18.1 Å². The van der Waals surface area contributed by atoms with Gasteiger partial charge in [0.05, 0.1) is 30.0 Å². The SMILES string of the molecule is Cc1ccoc1C(=O)N1CCS(=O)(=O)C[C@H]1c1cnn(C)c1. The number of aromatic nitrogens is 2. The fourth-order valence-electron chi connectivity index (χ4n) is 2.66. The highest BCUT2D eigenvalue weighted by Gasteiger charge is 2.37. The van der Waals surface area contributed by atoms with E-state index in [0.717, 1.165) is 5.56 Å². The Morgan fingerprint density at radius 2 is 2.23 bits per heavy atom. The largest absolute Gasteiger partial charge is 0.459 e. The Balaban J connectivity index is 1.97. The summed E-state index contributed by atoms with van der Waals surface area (Å²) in [6, 6.07) is 1.18. The zero-order valence-corrected chi connectivity index (χ0v) is 13.2. The van der Waals surface area contributed by atoms with E-state index in [0.29, 0.717) is 5.56 Å². The first kappa shape index (κ1) is 14.8. The Morgan fingerprint density at radius 3 is 2.82 bits per heavy atom. The lowest BCUT2D eigenvalue weighted by Gasteiger charge is -2.34. The molecule has 0 aliphatic carbocycles. The molecule has 0 aromatic carbocycles. The Kier molecular flexibility index (Phi) is 3.56. The Labute approximate surface area is 128 Å². The molecule has 1 aliphatic heterocycles. The van der Waals surface area contributed by atoms with Gasteiger partial charge in [-0.1, -0.05) is 0 Å². The van der Waals surface area contributed by atoms with Crippen molar-refractivity contribution in [3.8, 4) is 0 Å². The van der Waals surface area contributed by atoms with Crippen LogP contribution in [0.25, 0.3) is 0 Å². The summed E-state index contributed by atoms with van der Waals surface area (Å²) in [7, 11) is -1.42. The Morgan fingerprint density at radius 1 is 1.45 bits per heavy atom. The number of sulfone groups is 1. The molecule has 0 radical (unpaired) electrons. The van der Waals surface area contributed by atoms with Crippen molar-refractivity contribution in [1.82, 2.24) is 14.7 Å². The van der Waals surface area contributed by atoms with E-state index in [1.807, 2.05) is 0 Å². The number of rotatable bonds is 2. The average Bonchev–Trinajstić information content (AvgIpc) is 3.06. The quantitative estimate of drug-likeness (QED) is 0.821. The van der Waals surface area contributed by atoms with Gasteiger partial charge in [0.15, 0.2) is 15.6 Å². The molecule has 0 unspecified atom stereocenters. The van der Waals surface area contributed by atoms with Gasteiger partial charge >= 0.3 is 0 Å². The normalized spacial score (nSPS) is 21.0. The molecule has 2 aromatic heterocycles. The molecule has 1 amide bonds. The minimum absolute atomic E-state index is 0.0325. The fourth-order valence-corrected chi connectivity index (χ4v) is 4.16. The second-order valence-electron chi connectivity index (χ2n) is 5.51. The van der Waals surface area contributed by atoms with Crippen molar-refractivity contribution >= 4 is 15.7 Å². The van der Waals surface area contributed by atoms with Crippen LogP contribution in [0.5, 0.6) is 0 Å². The maximum absolute atomic E-state index is 12.7. The molecule has 22 heavy (non-hydrogen) atoms. The first-order valence-electron chi connectivity index (χ1n) is 6.91. The highest BCUT2D eigenvalue weighted by atomic mass is 32.2. The van der Waals surface area contributed by atoms with Gasteiger partial charge in [0.1, 0.15) is 0 Å². The molecule has 118 valence electrons. The van der Waals surface area contributed by atoms with Gasteiger partial charge in [-0.2, -0.15) is 5.10 Å². The van der Waals surface area contributed by atoms with Crippen LogP contribution < -0.4 is 0 Å². The van der Waals surface area contributed by atoms with Crippen LogP contribution in [0.2, 0.25) is 0 Å². The van der Waals surface area contributed by atoms with Crippen LogP contribution >= 0.6 is 0 Å². The fraction of sp³-hybridized carbons (Fsp3) is 0.429. The smallest absolute Gasteiger partial charge is 0.290 e. The van der Waals surface area contributed by atoms with Gasteiger partial charge < -0.3 is 9.32 Å². The lowest BCUT2D eigenvalue weighted by atomic mass is 10.1. The molecular formula is C14H17N3O4S. The minimum Gasteiger partial charge on any atom is -0.459 e. The second kappa shape index (κ2) is 5.28. The van der Waals surface area contributed by atoms with Gasteiger partial charge in [-0.05, 0) is 13.0 Å². The van der Waals surface area contributed by atoms with Gasteiger partial charge in [-0.3, -0.25) is 9.48 Å². The van der Waals surface area contributed by atoms with E-state index in [9.17, 15) is 13.2 Å². The first-order chi connectivity index (χ1) is 10.4. The van der Waals surface area contributed by atoms with Crippen LogP contribution in [-0.4, -0.2) is 47.1 Å². The van der Waals surface area contributed by atoms with E-state index < -0.39 is 15.9 Å². The van der Waals surface area contributed by atoms with E-state index in [-0.39, 0.29) is 29.7 Å². The summed E-state index contributed by atoms with van der Waals surface area (Å²) in [5, 5.41) is 4.07. The van der Waals surface area contributed by atoms with E-state index in [2.05, 4.69) is 5.10 Å². The summed E-state index contributed by atoms with van der Waals surface area (Å²) in [6.07, 6.45) is 4.80. The maximum Gasteiger partial charge on any atom is 0.290 e. The highest BCUT2D eigenvalue weighted by Crippen LogP contribution is 2.28. The topological polar surface area (TPSA) is 85.4 Å². The number of aryl methyl sites for hydroxylation is 2. The molecule has 1 fully saturated rings. The summed E-state index contributed by atoms with van der Waals surface area (Å²) >= 11 is 0. The van der Waals surface area contributed by atoms with Crippen LogP contribution in [0.15, 0.2) is 29.1 Å². The molecule has 0 bridgehead atoms. The summed E-state index contributed by atoms with van der Waals surface area (Å²) in [5.41, 5.74) is 1.45. The third-order valence-corrected chi connectivity index (χ3v) is 5.49. The summed E-state index contributed by atoms with van der Waals surface area (Å²) < 4.78 is 30.8.